The lowest BCUT2D eigenvalue weighted by atomic mass is 9.99. The van der Waals surface area contributed by atoms with E-state index in [4.69, 9.17) is 13.8 Å². The molecule has 0 saturated heterocycles. The summed E-state index contributed by atoms with van der Waals surface area (Å²) in [7, 11) is 0. The minimum Gasteiger partial charge on any atom is -0.455 e. The van der Waals surface area contributed by atoms with Crippen molar-refractivity contribution in [3.63, 3.8) is 0 Å². The van der Waals surface area contributed by atoms with E-state index in [1.807, 2.05) is 42.5 Å². The monoisotopic (exact) mass is 642 g/mol. The van der Waals surface area contributed by atoms with Gasteiger partial charge in [0.05, 0.1) is 0 Å². The molecule has 0 spiro atoms. The molecule has 2 heterocycles. The average molecular weight is 643 g/mol. The van der Waals surface area contributed by atoms with Crippen LogP contribution in [0.4, 0.5) is 17.1 Å². The number of hydrogen-bond acceptors (Lipinski definition) is 4. The zero-order valence-electron chi connectivity index (χ0n) is 27.3. The lowest BCUT2D eigenvalue weighted by Crippen LogP contribution is -2.11. The van der Waals surface area contributed by atoms with Gasteiger partial charge in [-0.1, -0.05) is 109 Å². The molecular formula is C46H30N2O2. The molecule has 0 fully saturated rings. The molecule has 50 heavy (non-hydrogen) atoms. The van der Waals surface area contributed by atoms with Crippen molar-refractivity contribution in [1.82, 2.24) is 4.98 Å². The van der Waals surface area contributed by atoms with Crippen molar-refractivity contribution < 1.29 is 8.83 Å². The Morgan fingerprint density at radius 1 is 0.500 bits per heavy atom. The number of aromatic nitrogens is 1. The van der Waals surface area contributed by atoms with Crippen molar-refractivity contribution in [1.29, 1.82) is 0 Å². The molecule has 0 aliphatic rings. The molecule has 0 amide bonds. The molecule has 236 valence electrons. The molecule has 8 aromatic carbocycles. The number of anilines is 3. The maximum atomic E-state index is 6.54. The van der Waals surface area contributed by atoms with Crippen molar-refractivity contribution in [2.45, 2.75) is 6.92 Å². The maximum Gasteiger partial charge on any atom is 0.227 e. The fourth-order valence-electron chi connectivity index (χ4n) is 7.36. The Hall–Kier alpha value is -6.65. The summed E-state index contributed by atoms with van der Waals surface area (Å²) in [6.07, 6.45) is 0. The number of furan rings is 1. The minimum absolute atomic E-state index is 0.626. The van der Waals surface area contributed by atoms with E-state index in [1.165, 1.54) is 5.56 Å². The van der Waals surface area contributed by atoms with Crippen LogP contribution in [0.25, 0.3) is 77.2 Å². The lowest BCUT2D eigenvalue weighted by Gasteiger charge is -2.27. The van der Waals surface area contributed by atoms with Gasteiger partial charge in [0.1, 0.15) is 16.7 Å². The molecule has 0 aliphatic heterocycles. The Morgan fingerprint density at radius 2 is 1.22 bits per heavy atom. The number of hydrogen-bond donors (Lipinski definition) is 0. The number of rotatable bonds is 5. The molecular weight excluding hydrogens is 613 g/mol. The maximum absolute atomic E-state index is 6.54. The summed E-state index contributed by atoms with van der Waals surface area (Å²) in [4.78, 5) is 7.23. The predicted octanol–water partition coefficient (Wildman–Crippen LogP) is 13.1. The van der Waals surface area contributed by atoms with E-state index >= 15 is 0 Å². The van der Waals surface area contributed by atoms with Crippen LogP contribution in [0.5, 0.6) is 0 Å². The topological polar surface area (TPSA) is 42.4 Å². The normalized spacial score (nSPS) is 11.7. The van der Waals surface area contributed by atoms with Crippen LogP contribution in [0, 0.1) is 6.92 Å². The molecule has 10 rings (SSSR count). The Balaban J connectivity index is 1.14. The van der Waals surface area contributed by atoms with Crippen molar-refractivity contribution in [3.05, 3.63) is 169 Å². The number of nitrogens with zero attached hydrogens (tertiary/aromatic N) is 2. The van der Waals surface area contributed by atoms with E-state index in [0.29, 0.717) is 5.89 Å². The Morgan fingerprint density at radius 3 is 2.10 bits per heavy atom. The highest BCUT2D eigenvalue weighted by Crippen LogP contribution is 2.42. The SMILES string of the molecule is Cc1ccccc1N(c1ccc(-c2cccc3c2oc2ccccc23)cc1)c1ccc2ccc3ccc4nc(-c5ccccc5)oc4c3c2c1. The first-order valence-electron chi connectivity index (χ1n) is 16.9. The van der Waals surface area contributed by atoms with Gasteiger partial charge >= 0.3 is 0 Å². The standard InChI is InChI=1S/C46H30N2O2/c1-29-10-5-7-16-41(29)48(34-24-20-30(21-25-34)36-14-9-15-38-37-13-6-8-17-42(37)49-44(36)38)35-26-22-31-18-19-32-23-27-40-45(43(32)39(31)28-35)50-46(47-40)33-11-3-2-4-12-33/h2-28H,1H3. The zero-order chi connectivity index (χ0) is 33.2. The quantitative estimate of drug-likeness (QED) is 0.175. The first-order valence-corrected chi connectivity index (χ1v) is 16.9. The van der Waals surface area contributed by atoms with Gasteiger partial charge in [-0.2, -0.15) is 0 Å². The van der Waals surface area contributed by atoms with Crippen LogP contribution in [0.2, 0.25) is 0 Å². The zero-order valence-corrected chi connectivity index (χ0v) is 27.3. The first-order chi connectivity index (χ1) is 24.7. The second kappa shape index (κ2) is 11.2. The number of fused-ring (bicyclic) bond motifs is 8. The Kier molecular flexibility index (Phi) is 6.36. The number of aryl methyl sites for hydroxylation is 1. The molecule has 4 heteroatoms. The van der Waals surface area contributed by atoms with Crippen LogP contribution in [0.1, 0.15) is 5.56 Å². The molecule has 0 saturated carbocycles. The van der Waals surface area contributed by atoms with Gasteiger partial charge in [0.2, 0.25) is 5.89 Å². The van der Waals surface area contributed by atoms with E-state index in [9.17, 15) is 0 Å². The van der Waals surface area contributed by atoms with Crippen LogP contribution in [-0.4, -0.2) is 4.98 Å². The third-order valence-electron chi connectivity index (χ3n) is 9.81. The minimum atomic E-state index is 0.626. The summed E-state index contributed by atoms with van der Waals surface area (Å²) >= 11 is 0. The van der Waals surface area contributed by atoms with Gasteiger partial charge < -0.3 is 13.7 Å². The molecule has 0 bridgehead atoms. The van der Waals surface area contributed by atoms with Gasteiger partial charge in [-0.05, 0) is 88.8 Å². The van der Waals surface area contributed by atoms with Gasteiger partial charge in [0.15, 0.2) is 5.58 Å². The molecule has 0 N–H and O–H groups in total. The second-order valence-corrected chi connectivity index (χ2v) is 12.8. The highest BCUT2D eigenvalue weighted by molar-refractivity contribution is 6.18. The second-order valence-electron chi connectivity index (χ2n) is 12.8. The van der Waals surface area contributed by atoms with E-state index < -0.39 is 0 Å². The smallest absolute Gasteiger partial charge is 0.227 e. The van der Waals surface area contributed by atoms with Crippen molar-refractivity contribution >= 4 is 71.6 Å². The number of para-hydroxylation sites is 3. The van der Waals surface area contributed by atoms with Crippen LogP contribution in [0.15, 0.2) is 173 Å². The molecule has 2 aromatic heterocycles. The van der Waals surface area contributed by atoms with E-state index in [-0.39, 0.29) is 0 Å². The highest BCUT2D eigenvalue weighted by Gasteiger charge is 2.19. The summed E-state index contributed by atoms with van der Waals surface area (Å²) in [5, 5.41) is 6.71. The summed E-state index contributed by atoms with van der Waals surface area (Å²) in [5.74, 6) is 0.626. The van der Waals surface area contributed by atoms with Gasteiger partial charge in [-0.3, -0.25) is 0 Å². The number of oxazole rings is 1. The molecule has 0 atom stereocenters. The van der Waals surface area contributed by atoms with Crippen molar-refractivity contribution in [2.24, 2.45) is 0 Å². The number of benzene rings is 8. The molecule has 4 nitrogen and oxygen atoms in total. The van der Waals surface area contributed by atoms with Gasteiger partial charge in [-0.25, -0.2) is 4.98 Å². The Labute approximate surface area is 288 Å². The molecule has 10 aromatic rings. The summed E-state index contributed by atoms with van der Waals surface area (Å²) in [6, 6.07) is 57.3. The van der Waals surface area contributed by atoms with E-state index in [1.54, 1.807) is 0 Å². The van der Waals surface area contributed by atoms with Gasteiger partial charge in [0, 0.05) is 44.3 Å². The first kappa shape index (κ1) is 28.4. The van der Waals surface area contributed by atoms with Crippen LogP contribution in [0.3, 0.4) is 0 Å². The van der Waals surface area contributed by atoms with Crippen LogP contribution < -0.4 is 4.90 Å². The average Bonchev–Trinajstić information content (AvgIpc) is 3.78. The van der Waals surface area contributed by atoms with Crippen LogP contribution in [-0.2, 0) is 0 Å². The third-order valence-corrected chi connectivity index (χ3v) is 9.81. The van der Waals surface area contributed by atoms with Gasteiger partial charge in [0.25, 0.3) is 0 Å². The lowest BCUT2D eigenvalue weighted by molar-refractivity contribution is 0.623. The molecule has 0 unspecified atom stereocenters. The highest BCUT2D eigenvalue weighted by atomic mass is 16.3. The Bertz CT molecular complexity index is 2880. The third kappa shape index (κ3) is 4.50. The van der Waals surface area contributed by atoms with Crippen molar-refractivity contribution in [3.8, 4) is 22.6 Å². The predicted molar refractivity (Wildman–Crippen MR) is 207 cm³/mol. The largest absolute Gasteiger partial charge is 0.455 e. The fourth-order valence-corrected chi connectivity index (χ4v) is 7.36. The summed E-state index contributed by atoms with van der Waals surface area (Å²) in [6.45, 7) is 2.17. The van der Waals surface area contributed by atoms with Crippen molar-refractivity contribution in [2.75, 3.05) is 4.90 Å². The van der Waals surface area contributed by atoms with E-state index in [0.717, 1.165) is 88.3 Å². The fraction of sp³-hybridized carbons (Fsp3) is 0.0217. The summed E-state index contributed by atoms with van der Waals surface area (Å²) < 4.78 is 12.9. The molecule has 0 radical (unpaired) electrons. The van der Waals surface area contributed by atoms with E-state index in [2.05, 4.69) is 133 Å². The van der Waals surface area contributed by atoms with Gasteiger partial charge in [-0.15, -0.1) is 0 Å². The summed E-state index contributed by atoms with van der Waals surface area (Å²) in [5.41, 5.74) is 11.0. The van der Waals surface area contributed by atoms with Crippen LogP contribution >= 0.6 is 0 Å². The molecule has 0 aliphatic carbocycles.